The average Bonchev–Trinajstić information content (AvgIpc) is 3.79. The molecule has 0 N–H and O–H groups in total. The van der Waals surface area contributed by atoms with E-state index in [1.54, 1.807) is 0 Å². The summed E-state index contributed by atoms with van der Waals surface area (Å²) in [7, 11) is 0. The molecule has 0 bridgehead atoms. The van der Waals surface area contributed by atoms with Crippen molar-refractivity contribution in [2.24, 2.45) is 0 Å². The SMILES string of the molecule is N#Cc1cc(-n2c3ccccc3c3cc4c(cc32)c2ccccc2n4-c2ccccc2)cc(C#N)c1-n1c2ccccc2c2ccccc21. The Labute approximate surface area is 280 Å². The number of fused-ring (bicyclic) bond motifs is 9. The molecule has 0 radical (unpaired) electrons. The Balaban J connectivity index is 1.30. The summed E-state index contributed by atoms with van der Waals surface area (Å²) in [5.74, 6) is 0. The maximum Gasteiger partial charge on any atom is 0.101 e. The highest BCUT2D eigenvalue weighted by Crippen LogP contribution is 2.41. The van der Waals surface area contributed by atoms with Crippen molar-refractivity contribution in [2.45, 2.75) is 0 Å². The van der Waals surface area contributed by atoms with Crippen LogP contribution in [-0.2, 0) is 0 Å². The van der Waals surface area contributed by atoms with Crippen molar-refractivity contribution in [1.29, 1.82) is 10.5 Å². The van der Waals surface area contributed by atoms with Gasteiger partial charge >= 0.3 is 0 Å². The van der Waals surface area contributed by atoms with Gasteiger partial charge < -0.3 is 13.7 Å². The van der Waals surface area contributed by atoms with Crippen molar-refractivity contribution < 1.29 is 0 Å². The quantitative estimate of drug-likeness (QED) is 0.197. The number of hydrogen-bond acceptors (Lipinski definition) is 2. The first-order valence-corrected chi connectivity index (χ1v) is 16.2. The third kappa shape index (κ3) is 3.73. The van der Waals surface area contributed by atoms with Crippen molar-refractivity contribution in [2.75, 3.05) is 0 Å². The van der Waals surface area contributed by atoms with Gasteiger partial charge in [0, 0.05) is 43.7 Å². The largest absolute Gasteiger partial charge is 0.309 e. The molecule has 0 aliphatic rings. The molecule has 5 heteroatoms. The zero-order chi connectivity index (χ0) is 32.6. The smallest absolute Gasteiger partial charge is 0.101 e. The molecule has 0 saturated heterocycles. The van der Waals surface area contributed by atoms with Crippen LogP contribution < -0.4 is 0 Å². The minimum absolute atomic E-state index is 0.438. The number of benzene rings is 7. The van der Waals surface area contributed by atoms with Gasteiger partial charge in [-0.25, -0.2) is 0 Å². The Hall–Kier alpha value is -7.08. The van der Waals surface area contributed by atoms with E-state index in [9.17, 15) is 10.5 Å². The summed E-state index contributed by atoms with van der Waals surface area (Å²) in [5.41, 5.74) is 9.56. The van der Waals surface area contributed by atoms with E-state index in [-0.39, 0.29) is 0 Å². The van der Waals surface area contributed by atoms with Gasteiger partial charge in [-0.3, -0.25) is 0 Å². The van der Waals surface area contributed by atoms with Gasteiger partial charge in [-0.05, 0) is 60.7 Å². The van der Waals surface area contributed by atoms with Crippen molar-refractivity contribution in [3.8, 4) is 29.2 Å². The zero-order valence-corrected chi connectivity index (χ0v) is 26.2. The van der Waals surface area contributed by atoms with E-state index in [0.29, 0.717) is 16.8 Å². The van der Waals surface area contributed by atoms with Crippen LogP contribution in [0.1, 0.15) is 11.1 Å². The molecule has 7 aromatic carbocycles. The Morgan fingerprint density at radius 2 is 0.694 bits per heavy atom. The van der Waals surface area contributed by atoms with Crippen LogP contribution in [0.15, 0.2) is 152 Å². The molecule has 0 aliphatic heterocycles. The molecule has 10 aromatic rings. The van der Waals surface area contributed by atoms with Crippen LogP contribution in [0, 0.1) is 22.7 Å². The minimum Gasteiger partial charge on any atom is -0.309 e. The van der Waals surface area contributed by atoms with E-state index in [1.807, 2.05) is 48.5 Å². The fourth-order valence-electron chi connectivity index (χ4n) is 7.89. The summed E-state index contributed by atoms with van der Waals surface area (Å²) in [6.07, 6.45) is 0. The van der Waals surface area contributed by atoms with Crippen molar-refractivity contribution in [3.63, 3.8) is 0 Å². The van der Waals surface area contributed by atoms with Crippen LogP contribution in [0.5, 0.6) is 0 Å². The lowest BCUT2D eigenvalue weighted by Gasteiger charge is -2.15. The van der Waals surface area contributed by atoms with Crippen molar-refractivity contribution in [1.82, 2.24) is 13.7 Å². The molecule has 0 aliphatic carbocycles. The van der Waals surface area contributed by atoms with E-state index in [0.717, 1.165) is 76.8 Å². The fraction of sp³-hybridized carbons (Fsp3) is 0. The van der Waals surface area contributed by atoms with Crippen LogP contribution >= 0.6 is 0 Å². The molecule has 0 atom stereocenters. The second-order valence-corrected chi connectivity index (χ2v) is 12.4. The van der Waals surface area contributed by atoms with Gasteiger partial charge in [-0.1, -0.05) is 91.0 Å². The van der Waals surface area contributed by atoms with E-state index < -0.39 is 0 Å². The first-order chi connectivity index (χ1) is 24.2. The van der Waals surface area contributed by atoms with Gasteiger partial charge in [0.15, 0.2) is 0 Å². The minimum atomic E-state index is 0.438. The molecular weight excluding hydrogens is 599 g/mol. The van der Waals surface area contributed by atoms with Crippen LogP contribution in [0.4, 0.5) is 0 Å². The third-order valence-electron chi connectivity index (χ3n) is 9.88. The second-order valence-electron chi connectivity index (χ2n) is 12.4. The normalized spacial score (nSPS) is 11.6. The molecule has 5 nitrogen and oxygen atoms in total. The predicted octanol–water partition coefficient (Wildman–Crippen LogP) is 10.7. The molecule has 0 spiro atoms. The van der Waals surface area contributed by atoms with E-state index in [4.69, 9.17) is 0 Å². The molecule has 226 valence electrons. The lowest BCUT2D eigenvalue weighted by molar-refractivity contribution is 1.12. The topological polar surface area (TPSA) is 62.4 Å². The molecule has 3 aromatic heterocycles. The van der Waals surface area contributed by atoms with E-state index in [1.165, 1.54) is 0 Å². The van der Waals surface area contributed by atoms with E-state index >= 15 is 0 Å². The summed E-state index contributed by atoms with van der Waals surface area (Å²) in [6, 6.07) is 57.1. The first-order valence-electron chi connectivity index (χ1n) is 16.2. The summed E-state index contributed by atoms with van der Waals surface area (Å²) < 4.78 is 6.60. The Kier molecular flexibility index (Phi) is 5.64. The Bertz CT molecular complexity index is 2980. The average molecular weight is 624 g/mol. The highest BCUT2D eigenvalue weighted by molar-refractivity contribution is 6.19. The first kappa shape index (κ1) is 27.1. The molecule has 49 heavy (non-hydrogen) atoms. The Morgan fingerprint density at radius 3 is 1.14 bits per heavy atom. The maximum atomic E-state index is 10.7. The van der Waals surface area contributed by atoms with Crippen LogP contribution in [0.3, 0.4) is 0 Å². The van der Waals surface area contributed by atoms with Crippen molar-refractivity contribution >= 4 is 65.4 Å². The molecule has 0 saturated carbocycles. The summed E-state index contributed by atoms with van der Waals surface area (Å²) in [6.45, 7) is 0. The van der Waals surface area contributed by atoms with Crippen LogP contribution in [0.25, 0.3) is 82.5 Å². The Morgan fingerprint density at radius 1 is 0.327 bits per heavy atom. The second kappa shape index (κ2) is 10.2. The number of aromatic nitrogens is 3. The molecule has 0 amide bonds. The number of para-hydroxylation sites is 5. The zero-order valence-electron chi connectivity index (χ0n) is 26.2. The van der Waals surface area contributed by atoms with Gasteiger partial charge in [0.2, 0.25) is 0 Å². The lowest BCUT2D eigenvalue weighted by Crippen LogP contribution is -2.04. The third-order valence-corrected chi connectivity index (χ3v) is 9.88. The van der Waals surface area contributed by atoms with Crippen LogP contribution in [-0.4, -0.2) is 13.7 Å². The maximum absolute atomic E-state index is 10.7. The lowest BCUT2D eigenvalue weighted by atomic mass is 10.1. The summed E-state index contributed by atoms with van der Waals surface area (Å²) in [4.78, 5) is 0. The molecule has 3 heterocycles. The molecule has 0 fully saturated rings. The number of nitriles is 2. The van der Waals surface area contributed by atoms with Gasteiger partial charge in [0.1, 0.15) is 12.1 Å². The van der Waals surface area contributed by atoms with Gasteiger partial charge in [-0.15, -0.1) is 0 Å². The fourth-order valence-corrected chi connectivity index (χ4v) is 7.89. The van der Waals surface area contributed by atoms with Gasteiger partial charge in [0.05, 0.1) is 49.9 Å². The summed E-state index contributed by atoms with van der Waals surface area (Å²) in [5, 5.41) is 28.1. The standard InChI is InChI=1S/C44H25N5/c45-26-28-22-31(23-29(27-46)44(28)49-40-20-10-4-14-32(40)33-15-5-11-21-41(33)49)48-39-19-9-7-17-35(39)37-24-42-36(25-43(37)48)34-16-6-8-18-38(34)47(42)30-12-2-1-3-13-30/h1-25H. The monoisotopic (exact) mass is 623 g/mol. The number of hydrogen-bond donors (Lipinski definition) is 0. The van der Waals surface area contributed by atoms with Gasteiger partial charge in [-0.2, -0.15) is 10.5 Å². The van der Waals surface area contributed by atoms with Crippen LogP contribution in [0.2, 0.25) is 0 Å². The van der Waals surface area contributed by atoms with E-state index in [2.05, 4.69) is 129 Å². The summed E-state index contributed by atoms with van der Waals surface area (Å²) >= 11 is 0. The highest BCUT2D eigenvalue weighted by atomic mass is 15.0. The predicted molar refractivity (Wildman–Crippen MR) is 199 cm³/mol. The number of nitrogens with zero attached hydrogens (tertiary/aromatic N) is 5. The van der Waals surface area contributed by atoms with Crippen molar-refractivity contribution in [3.05, 3.63) is 163 Å². The highest BCUT2D eigenvalue weighted by Gasteiger charge is 2.22. The molecule has 10 rings (SSSR count). The molecular formula is C44H25N5. The molecule has 0 unspecified atom stereocenters. The number of rotatable bonds is 3. The van der Waals surface area contributed by atoms with Gasteiger partial charge in [0.25, 0.3) is 0 Å².